The molecule has 0 radical (unpaired) electrons. The first-order valence-electron chi connectivity index (χ1n) is 12.3. The molecule has 0 aliphatic carbocycles. The van der Waals surface area contributed by atoms with Crippen molar-refractivity contribution in [1.82, 2.24) is 20.2 Å². The van der Waals surface area contributed by atoms with Crippen molar-refractivity contribution in [3.8, 4) is 24.7 Å². The summed E-state index contributed by atoms with van der Waals surface area (Å²) in [5.41, 5.74) is 3.76. The summed E-state index contributed by atoms with van der Waals surface area (Å²) in [6, 6.07) is 13.6. The van der Waals surface area contributed by atoms with E-state index in [-0.39, 0.29) is 32.3 Å². The Balaban J connectivity index is 1.48. The van der Waals surface area contributed by atoms with Crippen molar-refractivity contribution in [3.05, 3.63) is 76.2 Å². The second-order valence-electron chi connectivity index (χ2n) is 8.70. The van der Waals surface area contributed by atoms with Crippen LogP contribution in [0, 0.1) is 24.7 Å². The number of hydrogen-bond acceptors (Lipinski definition) is 9. The molecule has 0 fully saturated rings. The van der Waals surface area contributed by atoms with Gasteiger partial charge in [0.05, 0.1) is 35.6 Å². The highest BCUT2D eigenvalue weighted by Crippen LogP contribution is 2.21. The lowest BCUT2D eigenvalue weighted by atomic mass is 10.0. The third kappa shape index (κ3) is 7.60. The van der Waals surface area contributed by atoms with Crippen molar-refractivity contribution in [2.24, 2.45) is 0 Å². The minimum Gasteiger partial charge on any atom is -0.444 e. The largest absolute Gasteiger partial charge is 0.444 e. The number of terminal acetylenes is 2. The van der Waals surface area contributed by atoms with Gasteiger partial charge in [0.2, 0.25) is 0 Å². The van der Waals surface area contributed by atoms with Crippen molar-refractivity contribution in [2.75, 3.05) is 25.0 Å². The first-order chi connectivity index (χ1) is 19.5. The number of aliphatic hydroxyl groups excluding tert-OH is 1. The summed E-state index contributed by atoms with van der Waals surface area (Å²) in [7, 11) is 0. The second-order valence-corrected chi connectivity index (χ2v) is 9.67. The summed E-state index contributed by atoms with van der Waals surface area (Å²) in [6.07, 6.45) is 10.9. The number of alkyl carbamates (subject to hydrolysis) is 1. The molecule has 0 saturated carbocycles. The number of benzene rings is 2. The van der Waals surface area contributed by atoms with Crippen molar-refractivity contribution in [2.45, 2.75) is 25.2 Å². The second kappa shape index (κ2) is 13.8. The van der Waals surface area contributed by atoms with Crippen molar-refractivity contribution in [1.29, 1.82) is 0 Å². The monoisotopic (exact) mass is 557 g/mol. The molecule has 0 spiro atoms. The molecule has 11 heteroatoms. The Morgan fingerprint density at radius 2 is 2.00 bits per heavy atom. The van der Waals surface area contributed by atoms with Gasteiger partial charge in [0, 0.05) is 18.3 Å². The van der Waals surface area contributed by atoms with Gasteiger partial charge in [-0.25, -0.2) is 4.79 Å². The summed E-state index contributed by atoms with van der Waals surface area (Å²) < 4.78 is 10.9. The van der Waals surface area contributed by atoms with Gasteiger partial charge >= 0.3 is 6.09 Å². The molecule has 4 aromatic rings. The Morgan fingerprint density at radius 1 is 1.18 bits per heavy atom. The van der Waals surface area contributed by atoms with Gasteiger partial charge < -0.3 is 29.8 Å². The summed E-state index contributed by atoms with van der Waals surface area (Å²) in [6.45, 7) is 0.0894. The van der Waals surface area contributed by atoms with Crippen LogP contribution in [-0.2, 0) is 17.8 Å². The van der Waals surface area contributed by atoms with E-state index in [1.165, 1.54) is 16.2 Å². The van der Waals surface area contributed by atoms with E-state index in [1.807, 2.05) is 30.3 Å². The van der Waals surface area contributed by atoms with E-state index < -0.39 is 24.1 Å². The molecule has 0 aliphatic rings. The number of amides is 2. The van der Waals surface area contributed by atoms with Gasteiger partial charge in [0.15, 0.2) is 5.58 Å². The lowest BCUT2D eigenvalue weighted by molar-refractivity contribution is 0.0553. The van der Waals surface area contributed by atoms with Crippen molar-refractivity contribution < 1.29 is 23.8 Å². The van der Waals surface area contributed by atoms with Crippen molar-refractivity contribution in [3.63, 3.8) is 0 Å². The fourth-order valence-electron chi connectivity index (χ4n) is 3.92. The molecule has 0 aliphatic heterocycles. The molecule has 0 bridgehead atoms. The first-order valence-corrected chi connectivity index (χ1v) is 13.2. The Bertz CT molecular complexity index is 1510. The lowest BCUT2D eigenvalue weighted by Gasteiger charge is -2.29. The minimum atomic E-state index is -1.16. The highest BCUT2D eigenvalue weighted by molar-refractivity contribution is 7.09. The fourth-order valence-corrected chi connectivity index (χ4v) is 4.43. The number of carbonyl (C=O) groups excluding carboxylic acids is 2. The molecule has 40 heavy (non-hydrogen) atoms. The third-order valence-electron chi connectivity index (χ3n) is 5.85. The van der Waals surface area contributed by atoms with Crippen molar-refractivity contribution >= 4 is 40.5 Å². The van der Waals surface area contributed by atoms with Gasteiger partial charge in [0.25, 0.3) is 11.9 Å². The van der Waals surface area contributed by atoms with Crippen LogP contribution in [0.4, 0.5) is 10.8 Å². The number of ether oxygens (including phenoxy) is 1. The number of aromatic nitrogens is 2. The normalized spacial score (nSPS) is 12.1. The number of nitrogens with one attached hydrogen (secondary N) is 2. The molecule has 4 rings (SSSR count). The van der Waals surface area contributed by atoms with Crippen LogP contribution in [0.15, 0.2) is 64.7 Å². The van der Waals surface area contributed by atoms with E-state index in [0.717, 1.165) is 10.4 Å². The molecule has 2 atom stereocenters. The van der Waals surface area contributed by atoms with Gasteiger partial charge in [-0.05, 0) is 30.2 Å². The van der Waals surface area contributed by atoms with Gasteiger partial charge in [-0.15, -0.1) is 24.2 Å². The number of rotatable bonds is 12. The maximum absolute atomic E-state index is 13.4. The number of anilines is 1. The number of aliphatic hydroxyl groups is 1. The van der Waals surface area contributed by atoms with E-state index in [0.29, 0.717) is 23.1 Å². The van der Waals surface area contributed by atoms with E-state index in [2.05, 4.69) is 32.4 Å². The van der Waals surface area contributed by atoms with E-state index in [1.54, 1.807) is 29.9 Å². The number of hydrogen-bond donors (Lipinski definition) is 3. The van der Waals surface area contributed by atoms with Gasteiger partial charge in [-0.1, -0.05) is 42.2 Å². The van der Waals surface area contributed by atoms with Gasteiger partial charge in [-0.2, -0.15) is 4.98 Å². The van der Waals surface area contributed by atoms with Gasteiger partial charge in [0.1, 0.15) is 12.1 Å². The lowest BCUT2D eigenvalue weighted by Crippen LogP contribution is -2.50. The predicted octanol–water partition coefficient (Wildman–Crippen LogP) is 3.30. The van der Waals surface area contributed by atoms with E-state index in [4.69, 9.17) is 22.0 Å². The standard InChI is InChI=1S/C29H27N5O5S/c1-3-12-31-28-32-23-11-10-21(15-26(23)39-28)27(36)34(13-4-2)17-25(35)24(14-20-8-6-5-7-9-20)33-29(37)38-18-22-16-30-19-40-22/h1-2,5-11,15-16,19,24-25,35H,12-14,17-18H2,(H,31,32)(H,33,37)/t24-,25+/m0/s1. The number of oxazole rings is 1. The molecule has 2 amide bonds. The van der Waals surface area contributed by atoms with Crippen LogP contribution in [0.25, 0.3) is 11.1 Å². The molecule has 2 aromatic heterocycles. The number of nitrogens with zero attached hydrogens (tertiary/aromatic N) is 3. The maximum atomic E-state index is 13.4. The molecule has 2 heterocycles. The zero-order valence-electron chi connectivity index (χ0n) is 21.4. The molecular weight excluding hydrogens is 530 g/mol. The molecule has 0 saturated heterocycles. The fraction of sp³-hybridized carbons (Fsp3) is 0.241. The zero-order chi connectivity index (χ0) is 28.3. The zero-order valence-corrected chi connectivity index (χ0v) is 22.3. The molecule has 3 N–H and O–H groups in total. The molecule has 10 nitrogen and oxygen atoms in total. The summed E-state index contributed by atoms with van der Waals surface area (Å²) >= 11 is 1.36. The van der Waals surface area contributed by atoms with E-state index in [9.17, 15) is 14.7 Å². The highest BCUT2D eigenvalue weighted by Gasteiger charge is 2.27. The SMILES string of the molecule is C#CCNc1nc2ccc(C(=O)N(CC#C)C[C@@H](O)[C@H](Cc3ccccc3)NC(=O)OCc3cncs3)cc2o1. The molecule has 2 aromatic carbocycles. The quantitative estimate of drug-likeness (QED) is 0.226. The highest BCUT2D eigenvalue weighted by atomic mass is 32.1. The molecular formula is C29H27N5O5S. The molecule has 204 valence electrons. The Hall–Kier alpha value is -4.84. The number of thiazole rings is 1. The van der Waals surface area contributed by atoms with Crippen LogP contribution < -0.4 is 10.6 Å². The Morgan fingerprint density at radius 3 is 2.73 bits per heavy atom. The summed E-state index contributed by atoms with van der Waals surface area (Å²) in [5.74, 6) is 4.49. The topological polar surface area (TPSA) is 130 Å². The maximum Gasteiger partial charge on any atom is 0.407 e. The van der Waals surface area contributed by atoms with Crippen LogP contribution in [0.5, 0.6) is 0 Å². The average molecular weight is 558 g/mol. The average Bonchev–Trinajstić information content (AvgIpc) is 3.64. The Kier molecular flexibility index (Phi) is 9.72. The minimum absolute atomic E-state index is 0.0520. The van der Waals surface area contributed by atoms with Crippen LogP contribution in [-0.4, -0.2) is 63.8 Å². The van der Waals surface area contributed by atoms with Crippen LogP contribution in [0.1, 0.15) is 20.8 Å². The summed E-state index contributed by atoms with van der Waals surface area (Å²) in [4.78, 5) is 36.4. The van der Waals surface area contributed by atoms with Crippen LogP contribution in [0.3, 0.4) is 0 Å². The predicted molar refractivity (Wildman–Crippen MR) is 151 cm³/mol. The molecule has 0 unspecified atom stereocenters. The first kappa shape index (κ1) is 28.2. The summed E-state index contributed by atoms with van der Waals surface area (Å²) in [5, 5.41) is 16.8. The van der Waals surface area contributed by atoms with Crippen LogP contribution in [0.2, 0.25) is 0 Å². The smallest absolute Gasteiger partial charge is 0.407 e. The van der Waals surface area contributed by atoms with Gasteiger partial charge in [-0.3, -0.25) is 9.78 Å². The number of fused-ring (bicyclic) bond motifs is 1. The van der Waals surface area contributed by atoms with Crippen LogP contribution >= 0.6 is 11.3 Å². The Labute approximate surface area is 235 Å². The van der Waals surface area contributed by atoms with E-state index >= 15 is 0 Å². The third-order valence-corrected chi connectivity index (χ3v) is 6.60. The number of carbonyl (C=O) groups is 2.